The number of esters is 1. The van der Waals surface area contributed by atoms with E-state index in [1.54, 1.807) is 42.5 Å². The summed E-state index contributed by atoms with van der Waals surface area (Å²) < 4.78 is 11.6. The summed E-state index contributed by atoms with van der Waals surface area (Å²) in [6, 6.07) is 17.7. The molecule has 1 atom stereocenters. The van der Waals surface area contributed by atoms with Crippen molar-refractivity contribution in [1.82, 2.24) is 5.43 Å². The van der Waals surface area contributed by atoms with Gasteiger partial charge in [-0.2, -0.15) is 5.10 Å². The Kier molecular flexibility index (Phi) is 8.10. The van der Waals surface area contributed by atoms with Gasteiger partial charge in [0.15, 0.2) is 11.9 Å². The van der Waals surface area contributed by atoms with E-state index >= 15 is 0 Å². The normalized spacial score (nSPS) is 11.6. The Labute approximate surface area is 203 Å². The maximum Gasteiger partial charge on any atom is 0.343 e. The van der Waals surface area contributed by atoms with Crippen LogP contribution in [0.2, 0.25) is 0 Å². The zero-order valence-electron chi connectivity index (χ0n) is 18.2. The maximum atomic E-state index is 12.5. The number of para-hydroxylation sites is 2. The second kappa shape index (κ2) is 11.2. The van der Waals surface area contributed by atoms with E-state index in [0.29, 0.717) is 15.6 Å². The predicted octanol–water partition coefficient (Wildman–Crippen LogP) is 4.80. The van der Waals surface area contributed by atoms with Crippen molar-refractivity contribution in [2.24, 2.45) is 5.10 Å². The van der Waals surface area contributed by atoms with Crippen molar-refractivity contribution in [3.8, 4) is 11.5 Å². The van der Waals surface area contributed by atoms with Crippen LogP contribution in [-0.4, -0.2) is 29.1 Å². The highest BCUT2D eigenvalue weighted by molar-refractivity contribution is 9.10. The van der Waals surface area contributed by atoms with Gasteiger partial charge < -0.3 is 9.47 Å². The number of halogens is 1. The van der Waals surface area contributed by atoms with Crippen LogP contribution in [0.4, 0.5) is 5.69 Å². The smallest absolute Gasteiger partial charge is 0.343 e. The highest BCUT2D eigenvalue weighted by Crippen LogP contribution is 2.27. The van der Waals surface area contributed by atoms with E-state index in [9.17, 15) is 19.7 Å². The SMILES string of the molecule is Cc1cccc(C(=O)Oc2ccc(Br)cc2/C=N\NC(=O)[C@H](C)Oc2ccccc2[N+](=O)[O-])c1. The second-order valence-electron chi connectivity index (χ2n) is 7.16. The van der Waals surface area contributed by atoms with E-state index in [4.69, 9.17) is 9.47 Å². The number of ether oxygens (including phenoxy) is 2. The quantitative estimate of drug-likeness (QED) is 0.148. The van der Waals surface area contributed by atoms with Crippen LogP contribution < -0.4 is 14.9 Å². The van der Waals surface area contributed by atoms with Crippen LogP contribution in [-0.2, 0) is 4.79 Å². The van der Waals surface area contributed by atoms with Gasteiger partial charge in [-0.15, -0.1) is 0 Å². The van der Waals surface area contributed by atoms with Gasteiger partial charge in [-0.25, -0.2) is 10.2 Å². The van der Waals surface area contributed by atoms with Crippen LogP contribution in [0.3, 0.4) is 0 Å². The van der Waals surface area contributed by atoms with Crippen LogP contribution in [0.1, 0.15) is 28.4 Å². The van der Waals surface area contributed by atoms with Crippen molar-refractivity contribution in [3.05, 3.63) is 98.0 Å². The number of nitro benzene ring substituents is 1. The largest absolute Gasteiger partial charge is 0.474 e. The third-order valence-electron chi connectivity index (χ3n) is 4.54. The number of rotatable bonds is 8. The van der Waals surface area contributed by atoms with E-state index in [2.05, 4.69) is 26.5 Å². The van der Waals surface area contributed by atoms with Crippen LogP contribution in [0.15, 0.2) is 76.3 Å². The lowest BCUT2D eigenvalue weighted by Crippen LogP contribution is -2.33. The molecule has 10 heteroatoms. The van der Waals surface area contributed by atoms with Crippen molar-refractivity contribution in [2.75, 3.05) is 0 Å². The molecule has 0 fully saturated rings. The first-order chi connectivity index (χ1) is 16.2. The molecular formula is C24H20BrN3O6. The Balaban J connectivity index is 1.68. The number of nitrogens with zero attached hydrogens (tertiary/aromatic N) is 2. The van der Waals surface area contributed by atoms with Crippen molar-refractivity contribution in [3.63, 3.8) is 0 Å². The lowest BCUT2D eigenvalue weighted by Gasteiger charge is -2.13. The first-order valence-electron chi connectivity index (χ1n) is 10.1. The van der Waals surface area contributed by atoms with E-state index < -0.39 is 22.9 Å². The number of hydrogen-bond donors (Lipinski definition) is 1. The molecule has 0 aromatic heterocycles. The van der Waals surface area contributed by atoms with Crippen LogP contribution in [0.5, 0.6) is 11.5 Å². The molecule has 174 valence electrons. The van der Waals surface area contributed by atoms with Gasteiger partial charge in [0.05, 0.1) is 16.7 Å². The Bertz CT molecular complexity index is 1260. The summed E-state index contributed by atoms with van der Waals surface area (Å²) >= 11 is 3.35. The third kappa shape index (κ3) is 6.48. The number of benzene rings is 3. The van der Waals surface area contributed by atoms with Gasteiger partial charge in [-0.1, -0.05) is 45.8 Å². The minimum Gasteiger partial charge on any atom is -0.474 e. The number of carbonyl (C=O) groups excluding carboxylic acids is 2. The molecule has 0 saturated heterocycles. The Morgan fingerprint density at radius 1 is 1.09 bits per heavy atom. The average molecular weight is 526 g/mol. The predicted molar refractivity (Wildman–Crippen MR) is 129 cm³/mol. The first-order valence-corrected chi connectivity index (χ1v) is 10.9. The minimum atomic E-state index is -1.06. The van der Waals surface area contributed by atoms with Gasteiger partial charge in [0, 0.05) is 16.1 Å². The Morgan fingerprint density at radius 3 is 2.59 bits per heavy atom. The number of nitrogens with one attached hydrogen (secondary N) is 1. The molecule has 0 aliphatic carbocycles. The molecular weight excluding hydrogens is 506 g/mol. The monoisotopic (exact) mass is 525 g/mol. The average Bonchev–Trinajstić information content (AvgIpc) is 2.80. The summed E-state index contributed by atoms with van der Waals surface area (Å²) in [4.78, 5) is 35.4. The van der Waals surface area contributed by atoms with Gasteiger partial charge in [0.1, 0.15) is 5.75 Å². The zero-order chi connectivity index (χ0) is 24.7. The number of carbonyl (C=O) groups is 2. The Morgan fingerprint density at radius 2 is 1.85 bits per heavy atom. The summed E-state index contributed by atoms with van der Waals surface area (Å²) in [7, 11) is 0. The molecule has 0 aliphatic heterocycles. The number of aryl methyl sites for hydroxylation is 1. The van der Waals surface area contributed by atoms with Crippen molar-refractivity contribution >= 4 is 39.7 Å². The molecule has 0 radical (unpaired) electrons. The number of hydrazone groups is 1. The molecule has 0 spiro atoms. The minimum absolute atomic E-state index is 0.0310. The number of nitro groups is 1. The van der Waals surface area contributed by atoms with Crippen molar-refractivity contribution < 1.29 is 24.0 Å². The fourth-order valence-corrected chi connectivity index (χ4v) is 3.23. The summed E-state index contributed by atoms with van der Waals surface area (Å²) in [5.41, 5.74) is 3.83. The van der Waals surface area contributed by atoms with E-state index in [1.165, 1.54) is 31.3 Å². The highest BCUT2D eigenvalue weighted by Gasteiger charge is 2.20. The summed E-state index contributed by atoms with van der Waals surface area (Å²) in [5.74, 6) is -0.938. The second-order valence-corrected chi connectivity index (χ2v) is 8.08. The molecule has 0 saturated carbocycles. The first kappa shape index (κ1) is 24.6. The fourth-order valence-electron chi connectivity index (χ4n) is 2.85. The van der Waals surface area contributed by atoms with E-state index in [1.807, 2.05) is 13.0 Å². The maximum absolute atomic E-state index is 12.5. The molecule has 3 aromatic carbocycles. The fraction of sp³-hybridized carbons (Fsp3) is 0.125. The lowest BCUT2D eigenvalue weighted by molar-refractivity contribution is -0.386. The topological polar surface area (TPSA) is 120 Å². The number of amides is 1. The summed E-state index contributed by atoms with van der Waals surface area (Å²) in [6.07, 6.45) is 0.263. The van der Waals surface area contributed by atoms with Crippen LogP contribution in [0, 0.1) is 17.0 Å². The number of hydrogen-bond acceptors (Lipinski definition) is 7. The third-order valence-corrected chi connectivity index (χ3v) is 5.03. The molecule has 0 unspecified atom stereocenters. The van der Waals surface area contributed by atoms with Crippen molar-refractivity contribution in [1.29, 1.82) is 0 Å². The molecule has 3 rings (SSSR count). The van der Waals surface area contributed by atoms with Gasteiger partial charge in [0.25, 0.3) is 5.91 Å². The van der Waals surface area contributed by atoms with Gasteiger partial charge in [0.2, 0.25) is 0 Å². The molecule has 3 aromatic rings. The zero-order valence-corrected chi connectivity index (χ0v) is 19.8. The molecule has 1 amide bonds. The van der Waals surface area contributed by atoms with E-state index in [0.717, 1.165) is 5.56 Å². The summed E-state index contributed by atoms with van der Waals surface area (Å²) in [5, 5.41) is 15.0. The summed E-state index contributed by atoms with van der Waals surface area (Å²) in [6.45, 7) is 3.31. The standard InChI is InChI=1S/C24H20BrN3O6/c1-15-6-5-7-17(12-15)24(30)34-21-11-10-19(25)13-18(21)14-26-27-23(29)16(2)33-22-9-4-3-8-20(22)28(31)32/h3-14,16H,1-2H3,(H,27,29)/b26-14-/t16-/m0/s1. The van der Waals surface area contributed by atoms with Crippen LogP contribution in [0.25, 0.3) is 0 Å². The van der Waals surface area contributed by atoms with Crippen LogP contribution >= 0.6 is 15.9 Å². The lowest BCUT2D eigenvalue weighted by atomic mass is 10.1. The molecule has 34 heavy (non-hydrogen) atoms. The molecule has 0 aliphatic rings. The van der Waals surface area contributed by atoms with Gasteiger partial charge >= 0.3 is 11.7 Å². The Hall–Kier alpha value is -4.05. The van der Waals surface area contributed by atoms with E-state index in [-0.39, 0.29) is 17.2 Å². The van der Waals surface area contributed by atoms with Crippen molar-refractivity contribution in [2.45, 2.75) is 20.0 Å². The van der Waals surface area contributed by atoms with Gasteiger partial charge in [-0.05, 0) is 50.2 Å². The molecule has 9 nitrogen and oxygen atoms in total. The molecule has 0 heterocycles. The molecule has 0 bridgehead atoms. The highest BCUT2D eigenvalue weighted by atomic mass is 79.9. The van der Waals surface area contributed by atoms with Gasteiger partial charge in [-0.3, -0.25) is 14.9 Å². The molecule has 1 N–H and O–H groups in total.